The van der Waals surface area contributed by atoms with Gasteiger partial charge in [0.15, 0.2) is 0 Å². The number of carboxylic acids is 1. The van der Waals surface area contributed by atoms with E-state index < -0.39 is 24.2 Å². The number of methoxy groups -OCH3 is 1. The Bertz CT molecular complexity index is 433. The van der Waals surface area contributed by atoms with E-state index in [2.05, 4.69) is 9.47 Å². The zero-order valence-corrected chi connectivity index (χ0v) is 9.81. The molecule has 8 heteroatoms. The SMILES string of the molecule is COCC(Oc1cccc(OC(F)(F)F)c1)C(=O)O. The maximum atomic E-state index is 12.0. The number of halogens is 3. The van der Waals surface area contributed by atoms with Crippen molar-refractivity contribution in [3.63, 3.8) is 0 Å². The first-order valence-corrected chi connectivity index (χ1v) is 5.06. The van der Waals surface area contributed by atoms with E-state index in [1.165, 1.54) is 19.2 Å². The van der Waals surface area contributed by atoms with Gasteiger partial charge in [0.1, 0.15) is 11.5 Å². The lowest BCUT2D eigenvalue weighted by Crippen LogP contribution is -2.31. The van der Waals surface area contributed by atoms with Crippen LogP contribution in [0.1, 0.15) is 0 Å². The summed E-state index contributed by atoms with van der Waals surface area (Å²) in [6.45, 7) is -0.236. The summed E-state index contributed by atoms with van der Waals surface area (Å²) in [4.78, 5) is 10.8. The number of benzene rings is 1. The second-order valence-electron chi connectivity index (χ2n) is 3.42. The number of carboxylic acid groups (broad SMARTS) is 1. The van der Waals surface area contributed by atoms with Gasteiger partial charge in [-0.15, -0.1) is 13.2 Å². The Morgan fingerprint density at radius 1 is 1.37 bits per heavy atom. The number of rotatable bonds is 6. The van der Waals surface area contributed by atoms with Crippen LogP contribution in [0.5, 0.6) is 11.5 Å². The molecule has 1 aromatic carbocycles. The van der Waals surface area contributed by atoms with Crippen LogP contribution in [0.2, 0.25) is 0 Å². The highest BCUT2D eigenvalue weighted by Gasteiger charge is 2.31. The molecule has 0 aliphatic carbocycles. The lowest BCUT2D eigenvalue weighted by atomic mass is 10.3. The average Bonchev–Trinajstić information content (AvgIpc) is 2.26. The van der Waals surface area contributed by atoms with E-state index >= 15 is 0 Å². The normalized spacial score (nSPS) is 12.8. The molecule has 0 radical (unpaired) electrons. The minimum atomic E-state index is -4.82. The Balaban J connectivity index is 2.78. The predicted octanol–water partition coefficient (Wildman–Crippen LogP) is 2.06. The van der Waals surface area contributed by atoms with Crippen molar-refractivity contribution in [2.24, 2.45) is 0 Å². The molecular formula is C11H11F3O5. The van der Waals surface area contributed by atoms with Crippen molar-refractivity contribution in [2.45, 2.75) is 12.5 Å². The van der Waals surface area contributed by atoms with Gasteiger partial charge < -0.3 is 19.3 Å². The van der Waals surface area contributed by atoms with E-state index in [0.717, 1.165) is 12.1 Å². The maximum Gasteiger partial charge on any atom is 0.573 e. The lowest BCUT2D eigenvalue weighted by molar-refractivity contribution is -0.274. The quantitative estimate of drug-likeness (QED) is 0.864. The van der Waals surface area contributed by atoms with E-state index in [4.69, 9.17) is 9.84 Å². The fourth-order valence-electron chi connectivity index (χ4n) is 1.22. The molecule has 0 bridgehead atoms. The van der Waals surface area contributed by atoms with Crippen LogP contribution in [0, 0.1) is 0 Å². The summed E-state index contributed by atoms with van der Waals surface area (Å²) in [6, 6.07) is 4.59. The second kappa shape index (κ2) is 6.28. The van der Waals surface area contributed by atoms with Gasteiger partial charge in [0.25, 0.3) is 0 Å². The molecule has 1 atom stereocenters. The standard InChI is InChI=1S/C11H11F3O5/c1-17-6-9(10(15)16)18-7-3-2-4-8(5-7)19-11(12,13)14/h2-5,9H,6H2,1H3,(H,15,16). The van der Waals surface area contributed by atoms with Crippen molar-refractivity contribution in [2.75, 3.05) is 13.7 Å². The molecule has 0 aliphatic rings. The van der Waals surface area contributed by atoms with E-state index in [0.29, 0.717) is 0 Å². The van der Waals surface area contributed by atoms with Crippen LogP contribution in [0.15, 0.2) is 24.3 Å². The first-order valence-electron chi connectivity index (χ1n) is 5.06. The smallest absolute Gasteiger partial charge is 0.478 e. The number of hydrogen-bond donors (Lipinski definition) is 1. The molecule has 0 aromatic heterocycles. The van der Waals surface area contributed by atoms with Crippen molar-refractivity contribution in [1.82, 2.24) is 0 Å². The molecule has 1 N–H and O–H groups in total. The molecule has 0 heterocycles. The summed E-state index contributed by atoms with van der Waals surface area (Å²) >= 11 is 0. The Labute approximate surface area is 106 Å². The molecule has 106 valence electrons. The minimum absolute atomic E-state index is 0.0637. The van der Waals surface area contributed by atoms with Gasteiger partial charge in [0.2, 0.25) is 6.10 Å². The van der Waals surface area contributed by atoms with Crippen molar-refractivity contribution in [1.29, 1.82) is 0 Å². The summed E-state index contributed by atoms with van der Waals surface area (Å²) in [5.41, 5.74) is 0. The Morgan fingerprint density at radius 3 is 2.53 bits per heavy atom. The summed E-state index contributed by atoms with van der Waals surface area (Å²) in [5.74, 6) is -1.85. The zero-order chi connectivity index (χ0) is 14.5. The van der Waals surface area contributed by atoms with Crippen molar-refractivity contribution < 1.29 is 37.3 Å². The van der Waals surface area contributed by atoms with Gasteiger partial charge in [-0.2, -0.15) is 0 Å². The summed E-state index contributed by atoms with van der Waals surface area (Å²) < 4.78 is 49.3. The molecule has 5 nitrogen and oxygen atoms in total. The maximum absolute atomic E-state index is 12.0. The van der Waals surface area contributed by atoms with Crippen LogP contribution >= 0.6 is 0 Å². The summed E-state index contributed by atoms with van der Waals surface area (Å²) in [5, 5.41) is 8.81. The Morgan fingerprint density at radius 2 is 2.00 bits per heavy atom. The van der Waals surface area contributed by atoms with Gasteiger partial charge in [-0.3, -0.25) is 0 Å². The van der Waals surface area contributed by atoms with Gasteiger partial charge >= 0.3 is 12.3 Å². The third-order valence-electron chi connectivity index (χ3n) is 1.91. The van der Waals surface area contributed by atoms with Crippen LogP contribution in [0.25, 0.3) is 0 Å². The molecule has 0 fully saturated rings. The second-order valence-corrected chi connectivity index (χ2v) is 3.42. The highest BCUT2D eigenvalue weighted by Crippen LogP contribution is 2.26. The average molecular weight is 280 g/mol. The van der Waals surface area contributed by atoms with Gasteiger partial charge in [0.05, 0.1) is 6.61 Å². The number of ether oxygens (including phenoxy) is 3. The molecule has 19 heavy (non-hydrogen) atoms. The van der Waals surface area contributed by atoms with Crippen LogP contribution in [-0.4, -0.2) is 37.3 Å². The van der Waals surface area contributed by atoms with E-state index in [-0.39, 0.29) is 12.4 Å². The molecule has 0 saturated carbocycles. The number of hydrogen-bond acceptors (Lipinski definition) is 4. The van der Waals surface area contributed by atoms with Gasteiger partial charge in [0, 0.05) is 13.2 Å². The molecule has 0 aliphatic heterocycles. The molecule has 0 saturated heterocycles. The summed E-state index contributed by atoms with van der Waals surface area (Å²) in [6.07, 6.45) is -6.14. The highest BCUT2D eigenvalue weighted by molar-refractivity contribution is 5.73. The fraction of sp³-hybridized carbons (Fsp3) is 0.364. The van der Waals surface area contributed by atoms with Crippen molar-refractivity contribution >= 4 is 5.97 Å². The van der Waals surface area contributed by atoms with Gasteiger partial charge in [-0.25, -0.2) is 4.79 Å². The Kier molecular flexibility index (Phi) is 4.99. The molecule has 1 unspecified atom stereocenters. The van der Waals surface area contributed by atoms with Gasteiger partial charge in [-0.1, -0.05) is 6.07 Å². The monoisotopic (exact) mass is 280 g/mol. The first kappa shape index (κ1) is 15.1. The lowest BCUT2D eigenvalue weighted by Gasteiger charge is -2.15. The van der Waals surface area contributed by atoms with Crippen LogP contribution in [-0.2, 0) is 9.53 Å². The molecule has 1 rings (SSSR count). The third kappa shape index (κ3) is 5.47. The first-order chi connectivity index (χ1) is 8.81. The molecule has 0 amide bonds. The predicted molar refractivity (Wildman–Crippen MR) is 57.1 cm³/mol. The molecule has 1 aromatic rings. The minimum Gasteiger partial charge on any atom is -0.478 e. The van der Waals surface area contributed by atoms with E-state index in [1.807, 2.05) is 0 Å². The van der Waals surface area contributed by atoms with Crippen molar-refractivity contribution in [3.05, 3.63) is 24.3 Å². The van der Waals surface area contributed by atoms with E-state index in [1.54, 1.807) is 0 Å². The number of carbonyl (C=O) groups is 1. The Hall–Kier alpha value is -1.96. The number of aliphatic carboxylic acids is 1. The molecule has 0 spiro atoms. The zero-order valence-electron chi connectivity index (χ0n) is 9.81. The topological polar surface area (TPSA) is 65.0 Å². The van der Waals surface area contributed by atoms with Gasteiger partial charge in [-0.05, 0) is 12.1 Å². The largest absolute Gasteiger partial charge is 0.573 e. The van der Waals surface area contributed by atoms with Crippen LogP contribution in [0.3, 0.4) is 0 Å². The fourth-order valence-corrected chi connectivity index (χ4v) is 1.22. The van der Waals surface area contributed by atoms with Crippen LogP contribution < -0.4 is 9.47 Å². The summed E-state index contributed by atoms with van der Waals surface area (Å²) in [7, 11) is 1.28. The number of alkyl halides is 3. The van der Waals surface area contributed by atoms with Crippen molar-refractivity contribution in [3.8, 4) is 11.5 Å². The third-order valence-corrected chi connectivity index (χ3v) is 1.91. The van der Waals surface area contributed by atoms with E-state index in [9.17, 15) is 18.0 Å². The van der Waals surface area contributed by atoms with Crippen LogP contribution in [0.4, 0.5) is 13.2 Å². The molecular weight excluding hydrogens is 269 g/mol. The highest BCUT2D eigenvalue weighted by atomic mass is 19.4.